The van der Waals surface area contributed by atoms with Crippen LogP contribution >= 0.6 is 39.9 Å². The summed E-state index contributed by atoms with van der Waals surface area (Å²) in [4.78, 5) is 3.62. The maximum Gasteiger partial charge on any atom is 0.0411 e. The number of rotatable bonds is 4. The van der Waals surface area contributed by atoms with Crippen molar-refractivity contribution in [3.8, 4) is 0 Å². The minimum absolute atomic E-state index is 0.826. The average molecular weight is 266 g/mol. The highest BCUT2D eigenvalue weighted by atomic mass is 79.9. The van der Waals surface area contributed by atoms with E-state index >= 15 is 0 Å². The summed E-state index contributed by atoms with van der Waals surface area (Å²) < 4.78 is 1.19. The van der Waals surface area contributed by atoms with E-state index in [0.717, 1.165) is 18.8 Å². The van der Waals surface area contributed by atoms with Crippen molar-refractivity contribution in [2.75, 3.05) is 19.5 Å². The van der Waals surface area contributed by atoms with Crippen molar-refractivity contribution < 1.29 is 0 Å². The first-order chi connectivity index (χ1) is 5.72. The fourth-order valence-electron chi connectivity index (χ4n) is 0.857. The molecule has 0 aliphatic rings. The van der Waals surface area contributed by atoms with Crippen molar-refractivity contribution in [2.45, 2.75) is 6.42 Å². The van der Waals surface area contributed by atoms with Gasteiger partial charge in [0, 0.05) is 27.2 Å². The normalized spacial score (nSPS) is 11.0. The van der Waals surface area contributed by atoms with Crippen LogP contribution in [0.2, 0.25) is 0 Å². The van der Waals surface area contributed by atoms with Crippen LogP contribution in [0.15, 0.2) is 15.9 Å². The van der Waals surface area contributed by atoms with Crippen molar-refractivity contribution in [3.05, 3.63) is 20.8 Å². The summed E-state index contributed by atoms with van der Waals surface area (Å²) >= 11 is 9.43. The zero-order valence-electron chi connectivity index (χ0n) is 6.96. The first kappa shape index (κ1) is 10.6. The topological polar surface area (TPSA) is 3.24 Å². The summed E-state index contributed by atoms with van der Waals surface area (Å²) in [5, 5.41) is 2.12. The van der Waals surface area contributed by atoms with Crippen molar-refractivity contribution in [1.29, 1.82) is 0 Å². The zero-order chi connectivity index (χ0) is 8.97. The Hall–Kier alpha value is 0.490. The predicted octanol–water partition coefficient (Wildman–Crippen LogP) is 2.87. The molecule has 0 aliphatic heterocycles. The Morgan fingerprint density at radius 1 is 1.67 bits per heavy atom. The minimum Gasteiger partial charge on any atom is -0.297 e. The average Bonchev–Trinajstić information content (AvgIpc) is 2.47. The molecule has 0 bridgehead atoms. The van der Waals surface area contributed by atoms with Gasteiger partial charge in [0.2, 0.25) is 0 Å². The van der Waals surface area contributed by atoms with Crippen LogP contribution in [0.25, 0.3) is 0 Å². The number of thiophene rings is 1. The SMILES string of the molecule is CN(CS)CCc1cc(Br)cs1. The molecule has 0 saturated heterocycles. The van der Waals surface area contributed by atoms with Crippen molar-refractivity contribution in [1.82, 2.24) is 4.90 Å². The van der Waals surface area contributed by atoms with Crippen molar-refractivity contribution in [2.24, 2.45) is 0 Å². The summed E-state index contributed by atoms with van der Waals surface area (Å²) in [5.41, 5.74) is 0. The lowest BCUT2D eigenvalue weighted by atomic mass is 10.3. The number of hydrogen-bond donors (Lipinski definition) is 1. The molecule has 0 aromatic carbocycles. The van der Waals surface area contributed by atoms with E-state index in [2.05, 4.69) is 52.0 Å². The van der Waals surface area contributed by atoms with Gasteiger partial charge < -0.3 is 0 Å². The van der Waals surface area contributed by atoms with E-state index in [4.69, 9.17) is 0 Å². The van der Waals surface area contributed by atoms with Gasteiger partial charge in [-0.05, 0) is 35.5 Å². The van der Waals surface area contributed by atoms with Crippen LogP contribution in [-0.2, 0) is 6.42 Å². The van der Waals surface area contributed by atoms with Crippen LogP contribution in [0.4, 0.5) is 0 Å². The van der Waals surface area contributed by atoms with Crippen molar-refractivity contribution in [3.63, 3.8) is 0 Å². The van der Waals surface area contributed by atoms with Crippen LogP contribution < -0.4 is 0 Å². The van der Waals surface area contributed by atoms with E-state index in [-0.39, 0.29) is 0 Å². The molecule has 1 heterocycles. The molecule has 68 valence electrons. The van der Waals surface area contributed by atoms with Gasteiger partial charge in [-0.15, -0.1) is 11.3 Å². The van der Waals surface area contributed by atoms with Crippen LogP contribution in [0.1, 0.15) is 4.88 Å². The van der Waals surface area contributed by atoms with E-state index in [1.807, 2.05) is 0 Å². The third-order valence-corrected chi connectivity index (χ3v) is 3.84. The molecule has 0 atom stereocenters. The second-order valence-corrected chi connectivity index (χ2v) is 4.90. The van der Waals surface area contributed by atoms with Crippen LogP contribution in [0, 0.1) is 0 Å². The van der Waals surface area contributed by atoms with Gasteiger partial charge in [-0.25, -0.2) is 0 Å². The van der Waals surface area contributed by atoms with Crippen LogP contribution in [0.5, 0.6) is 0 Å². The highest BCUT2D eigenvalue weighted by Crippen LogP contribution is 2.20. The van der Waals surface area contributed by atoms with E-state index in [1.54, 1.807) is 11.3 Å². The predicted molar refractivity (Wildman–Crippen MR) is 62.2 cm³/mol. The highest BCUT2D eigenvalue weighted by molar-refractivity contribution is 9.10. The Balaban J connectivity index is 2.33. The monoisotopic (exact) mass is 265 g/mol. The zero-order valence-corrected chi connectivity index (χ0v) is 10.3. The Bertz CT molecular complexity index is 237. The number of hydrogen-bond acceptors (Lipinski definition) is 3. The number of likely N-dealkylation sites (N-methyl/N-ethyl adjacent to an activating group) is 1. The molecule has 1 aromatic rings. The summed E-state index contributed by atoms with van der Waals surface area (Å²) in [7, 11) is 2.08. The summed E-state index contributed by atoms with van der Waals surface area (Å²) in [6.45, 7) is 1.08. The maximum absolute atomic E-state index is 4.19. The van der Waals surface area contributed by atoms with Gasteiger partial charge in [0.05, 0.1) is 0 Å². The molecular weight excluding hydrogens is 254 g/mol. The van der Waals surface area contributed by atoms with Gasteiger partial charge >= 0.3 is 0 Å². The molecule has 0 fully saturated rings. The van der Waals surface area contributed by atoms with Gasteiger partial charge in [-0.1, -0.05) is 0 Å². The van der Waals surface area contributed by atoms with Crippen LogP contribution in [-0.4, -0.2) is 24.4 Å². The lowest BCUT2D eigenvalue weighted by Gasteiger charge is -2.11. The number of thiol groups is 1. The molecule has 1 aromatic heterocycles. The molecular formula is C8H12BrNS2. The Labute approximate surface area is 91.3 Å². The Morgan fingerprint density at radius 3 is 2.92 bits per heavy atom. The maximum atomic E-state index is 4.19. The fraction of sp³-hybridized carbons (Fsp3) is 0.500. The molecule has 4 heteroatoms. The molecule has 0 amide bonds. The van der Waals surface area contributed by atoms with Gasteiger partial charge in [0.15, 0.2) is 0 Å². The molecule has 1 nitrogen and oxygen atoms in total. The van der Waals surface area contributed by atoms with E-state index < -0.39 is 0 Å². The van der Waals surface area contributed by atoms with Gasteiger partial charge in [-0.2, -0.15) is 12.6 Å². The Kier molecular flexibility index (Phi) is 4.64. The molecule has 0 spiro atoms. The second kappa shape index (κ2) is 5.27. The number of halogens is 1. The Morgan fingerprint density at radius 2 is 2.42 bits per heavy atom. The lowest BCUT2D eigenvalue weighted by Crippen LogP contribution is -2.18. The van der Waals surface area contributed by atoms with Gasteiger partial charge in [0.1, 0.15) is 0 Å². The largest absolute Gasteiger partial charge is 0.297 e. The molecule has 0 radical (unpaired) electrons. The van der Waals surface area contributed by atoms with E-state index in [0.29, 0.717) is 0 Å². The second-order valence-electron chi connectivity index (χ2n) is 2.70. The third-order valence-electron chi connectivity index (χ3n) is 1.60. The summed E-state index contributed by atoms with van der Waals surface area (Å²) in [5.74, 6) is 0.826. The standard InChI is InChI=1S/C8H12BrNS2/c1-10(6-11)3-2-8-4-7(9)5-12-8/h4-5,11H,2-3,6H2,1H3. The lowest BCUT2D eigenvalue weighted by molar-refractivity contribution is 0.400. The fourth-order valence-corrected chi connectivity index (χ4v) is 2.44. The van der Waals surface area contributed by atoms with Gasteiger partial charge in [0.25, 0.3) is 0 Å². The smallest absolute Gasteiger partial charge is 0.0411 e. The van der Waals surface area contributed by atoms with E-state index in [9.17, 15) is 0 Å². The van der Waals surface area contributed by atoms with Crippen molar-refractivity contribution >= 4 is 39.9 Å². The van der Waals surface area contributed by atoms with Gasteiger partial charge in [-0.3, -0.25) is 4.90 Å². The first-order valence-corrected chi connectivity index (χ1v) is 6.05. The summed E-state index contributed by atoms with van der Waals surface area (Å²) in [6, 6.07) is 2.18. The molecule has 12 heavy (non-hydrogen) atoms. The van der Waals surface area contributed by atoms with E-state index in [1.165, 1.54) is 9.35 Å². The molecule has 1 rings (SSSR count). The third kappa shape index (κ3) is 3.47. The highest BCUT2D eigenvalue weighted by Gasteiger charge is 1.99. The number of nitrogens with zero attached hydrogens (tertiary/aromatic N) is 1. The molecule has 0 aliphatic carbocycles. The molecule has 0 unspecified atom stereocenters. The summed E-state index contributed by atoms with van der Waals surface area (Å²) in [6.07, 6.45) is 1.12. The molecule has 0 saturated carbocycles. The first-order valence-electron chi connectivity index (χ1n) is 3.74. The minimum atomic E-state index is 0.826. The van der Waals surface area contributed by atoms with Crippen LogP contribution in [0.3, 0.4) is 0 Å². The molecule has 0 N–H and O–H groups in total. The quantitative estimate of drug-likeness (QED) is 0.648.